The number of carbonyl (C=O) groups is 1. The highest BCUT2D eigenvalue weighted by molar-refractivity contribution is 7.10. The molecule has 2 rings (SSSR count). The van der Waals surface area contributed by atoms with Crippen molar-refractivity contribution in [3.63, 3.8) is 0 Å². The number of ketones is 1. The highest BCUT2D eigenvalue weighted by Gasteiger charge is 2.18. The number of Topliss-reactive ketones (excluding diaryl/α,β-unsaturated/α-hetero) is 1. The molecule has 0 radical (unpaired) electrons. The van der Waals surface area contributed by atoms with E-state index in [2.05, 4.69) is 18.9 Å². The molecule has 0 saturated carbocycles. The minimum atomic E-state index is -0.534. The van der Waals surface area contributed by atoms with Crippen molar-refractivity contribution in [1.82, 2.24) is 9.78 Å². The summed E-state index contributed by atoms with van der Waals surface area (Å²) in [6.07, 6.45) is 4.34. The van der Waals surface area contributed by atoms with E-state index in [9.17, 15) is 4.79 Å². The molecule has 2 N–H and O–H groups in total. The lowest BCUT2D eigenvalue weighted by molar-refractivity contribution is -0.119. The highest BCUT2D eigenvalue weighted by atomic mass is 32.1. The van der Waals surface area contributed by atoms with Gasteiger partial charge in [-0.2, -0.15) is 5.10 Å². The van der Waals surface area contributed by atoms with Gasteiger partial charge in [-0.1, -0.05) is 19.9 Å². The summed E-state index contributed by atoms with van der Waals surface area (Å²) in [4.78, 5) is 13.1. The van der Waals surface area contributed by atoms with Gasteiger partial charge in [-0.25, -0.2) is 0 Å². The third-order valence-corrected chi connectivity index (χ3v) is 4.49. The largest absolute Gasteiger partial charge is 0.317 e. The number of carbonyl (C=O) groups excluding carboxylic acids is 1. The molecule has 5 heteroatoms. The van der Waals surface area contributed by atoms with E-state index >= 15 is 0 Å². The molecular formula is C15H21N3OS. The van der Waals surface area contributed by atoms with Gasteiger partial charge in [0.05, 0.1) is 24.2 Å². The SMILES string of the molecule is CCC(CC)n1ccc(CC(=O)C(N)c2cccs2)n1. The van der Waals surface area contributed by atoms with Crippen LogP contribution in [0.25, 0.3) is 0 Å². The third-order valence-electron chi connectivity index (χ3n) is 3.53. The van der Waals surface area contributed by atoms with E-state index in [1.807, 2.05) is 34.5 Å². The Hall–Kier alpha value is -1.46. The first-order valence-corrected chi connectivity index (χ1v) is 7.89. The zero-order chi connectivity index (χ0) is 14.5. The van der Waals surface area contributed by atoms with Crippen molar-refractivity contribution in [1.29, 1.82) is 0 Å². The Morgan fingerprint density at radius 1 is 1.40 bits per heavy atom. The van der Waals surface area contributed by atoms with Gasteiger partial charge in [0, 0.05) is 11.1 Å². The molecule has 0 aliphatic heterocycles. The average molecular weight is 291 g/mol. The highest BCUT2D eigenvalue weighted by Crippen LogP contribution is 2.19. The standard InChI is InChI=1S/C15H21N3OS/c1-3-12(4-2)18-8-7-11(17-18)10-13(19)15(16)14-6-5-9-20-14/h5-9,12,15H,3-4,10,16H2,1-2H3. The fourth-order valence-corrected chi connectivity index (χ4v) is 3.00. The molecule has 0 amide bonds. The van der Waals surface area contributed by atoms with E-state index in [4.69, 9.17) is 5.73 Å². The van der Waals surface area contributed by atoms with Crippen molar-refractivity contribution < 1.29 is 4.79 Å². The number of aromatic nitrogens is 2. The number of hydrogen-bond acceptors (Lipinski definition) is 4. The predicted molar refractivity (Wildman–Crippen MR) is 81.8 cm³/mol. The second-order valence-corrected chi connectivity index (χ2v) is 5.87. The minimum absolute atomic E-state index is 0.0160. The molecule has 0 bridgehead atoms. The van der Waals surface area contributed by atoms with Gasteiger partial charge in [0.25, 0.3) is 0 Å². The predicted octanol–water partition coefficient (Wildman–Crippen LogP) is 3.12. The lowest BCUT2D eigenvalue weighted by Crippen LogP contribution is -2.22. The molecule has 2 aromatic rings. The van der Waals surface area contributed by atoms with Gasteiger partial charge in [0.15, 0.2) is 5.78 Å². The molecule has 0 fully saturated rings. The van der Waals surface area contributed by atoms with Crippen LogP contribution in [0, 0.1) is 0 Å². The van der Waals surface area contributed by atoms with Crippen molar-refractivity contribution in [3.05, 3.63) is 40.3 Å². The van der Waals surface area contributed by atoms with Crippen molar-refractivity contribution in [3.8, 4) is 0 Å². The number of nitrogens with two attached hydrogens (primary N) is 1. The summed E-state index contributed by atoms with van der Waals surface area (Å²) in [5.41, 5.74) is 6.78. The summed E-state index contributed by atoms with van der Waals surface area (Å²) >= 11 is 1.52. The van der Waals surface area contributed by atoms with E-state index in [-0.39, 0.29) is 5.78 Å². The van der Waals surface area contributed by atoms with Crippen molar-refractivity contribution in [2.75, 3.05) is 0 Å². The van der Waals surface area contributed by atoms with Crippen LogP contribution in [0.2, 0.25) is 0 Å². The van der Waals surface area contributed by atoms with Gasteiger partial charge in [0.2, 0.25) is 0 Å². The Kier molecular flexibility index (Phi) is 5.09. The topological polar surface area (TPSA) is 60.9 Å². The summed E-state index contributed by atoms with van der Waals surface area (Å²) < 4.78 is 1.96. The molecule has 2 heterocycles. The second-order valence-electron chi connectivity index (χ2n) is 4.89. The van der Waals surface area contributed by atoms with Crippen LogP contribution < -0.4 is 5.73 Å². The summed E-state index contributed by atoms with van der Waals surface area (Å²) in [6, 6.07) is 5.60. The van der Waals surface area contributed by atoms with Crippen molar-refractivity contribution >= 4 is 17.1 Å². The molecule has 0 saturated heterocycles. The van der Waals surface area contributed by atoms with E-state index in [1.165, 1.54) is 11.3 Å². The van der Waals surface area contributed by atoms with Crippen LogP contribution in [0.3, 0.4) is 0 Å². The van der Waals surface area contributed by atoms with E-state index in [0.717, 1.165) is 23.4 Å². The normalized spacial score (nSPS) is 12.8. The van der Waals surface area contributed by atoms with Crippen LogP contribution in [0.15, 0.2) is 29.8 Å². The van der Waals surface area contributed by atoms with Crippen LogP contribution in [-0.2, 0) is 11.2 Å². The summed E-state index contributed by atoms with van der Waals surface area (Å²) in [5, 5.41) is 6.43. The average Bonchev–Trinajstić information content (AvgIpc) is 3.11. The third kappa shape index (κ3) is 3.35. The quantitative estimate of drug-likeness (QED) is 0.852. The fourth-order valence-electron chi connectivity index (χ4n) is 2.25. The molecule has 0 aliphatic carbocycles. The van der Waals surface area contributed by atoms with Gasteiger partial charge < -0.3 is 5.73 Å². The maximum atomic E-state index is 12.2. The first-order chi connectivity index (χ1) is 9.65. The fraction of sp³-hybridized carbons (Fsp3) is 0.467. The number of hydrogen-bond donors (Lipinski definition) is 1. The Balaban J connectivity index is 2.01. The van der Waals surface area contributed by atoms with E-state index in [0.29, 0.717) is 12.5 Å². The smallest absolute Gasteiger partial charge is 0.160 e. The molecule has 0 aromatic carbocycles. The monoisotopic (exact) mass is 291 g/mol. The Bertz CT molecular complexity index is 543. The Morgan fingerprint density at radius 2 is 2.15 bits per heavy atom. The van der Waals surface area contributed by atoms with Crippen LogP contribution in [0.1, 0.15) is 49.3 Å². The van der Waals surface area contributed by atoms with E-state index < -0.39 is 6.04 Å². The molecule has 0 spiro atoms. The molecule has 2 aromatic heterocycles. The van der Waals surface area contributed by atoms with Crippen molar-refractivity contribution in [2.24, 2.45) is 5.73 Å². The molecule has 1 atom stereocenters. The van der Waals surface area contributed by atoms with Gasteiger partial charge >= 0.3 is 0 Å². The molecular weight excluding hydrogens is 270 g/mol. The van der Waals surface area contributed by atoms with E-state index in [1.54, 1.807) is 0 Å². The summed E-state index contributed by atoms with van der Waals surface area (Å²) in [5.74, 6) is 0.0160. The Morgan fingerprint density at radius 3 is 2.75 bits per heavy atom. The number of nitrogens with zero attached hydrogens (tertiary/aromatic N) is 2. The summed E-state index contributed by atoms with van der Waals surface area (Å²) in [7, 11) is 0. The lowest BCUT2D eigenvalue weighted by atomic mass is 10.1. The maximum absolute atomic E-state index is 12.2. The van der Waals surface area contributed by atoms with Crippen LogP contribution in [0.4, 0.5) is 0 Å². The van der Waals surface area contributed by atoms with Crippen LogP contribution in [0.5, 0.6) is 0 Å². The second kappa shape index (κ2) is 6.81. The van der Waals surface area contributed by atoms with Crippen LogP contribution in [-0.4, -0.2) is 15.6 Å². The number of rotatable bonds is 7. The molecule has 20 heavy (non-hydrogen) atoms. The zero-order valence-corrected chi connectivity index (χ0v) is 12.8. The van der Waals surface area contributed by atoms with Crippen molar-refractivity contribution in [2.45, 2.75) is 45.2 Å². The van der Waals surface area contributed by atoms with Gasteiger partial charge in [-0.15, -0.1) is 11.3 Å². The summed E-state index contributed by atoms with van der Waals surface area (Å²) in [6.45, 7) is 4.29. The van der Waals surface area contributed by atoms with Gasteiger partial charge in [-0.05, 0) is 30.4 Å². The first kappa shape index (κ1) is 14.9. The zero-order valence-electron chi connectivity index (χ0n) is 12.0. The first-order valence-electron chi connectivity index (χ1n) is 7.01. The van der Waals surface area contributed by atoms with Crippen LogP contribution >= 0.6 is 11.3 Å². The van der Waals surface area contributed by atoms with Gasteiger partial charge in [0.1, 0.15) is 0 Å². The molecule has 0 aliphatic rings. The molecule has 4 nitrogen and oxygen atoms in total. The maximum Gasteiger partial charge on any atom is 0.160 e. The lowest BCUT2D eigenvalue weighted by Gasteiger charge is -2.12. The Labute approximate surface area is 123 Å². The van der Waals surface area contributed by atoms with Gasteiger partial charge in [-0.3, -0.25) is 9.48 Å². The minimum Gasteiger partial charge on any atom is -0.317 e. The molecule has 108 valence electrons. The molecule has 1 unspecified atom stereocenters. The number of thiophene rings is 1.